The Morgan fingerprint density at radius 1 is 1.00 bits per heavy atom. The molecule has 4 N–H and O–H groups in total. The Morgan fingerprint density at radius 2 is 1.62 bits per heavy atom. The van der Waals surface area contributed by atoms with E-state index < -0.39 is 17.7 Å². The molecular weight excluding hydrogens is 436 g/mol. The molecule has 2 aliphatic carbocycles. The van der Waals surface area contributed by atoms with Crippen molar-refractivity contribution in [3.05, 3.63) is 59.7 Å². The molecule has 2 aromatic rings. The molecule has 2 aromatic carbocycles. The van der Waals surface area contributed by atoms with Crippen molar-refractivity contribution < 1.29 is 29.3 Å². The van der Waals surface area contributed by atoms with Crippen LogP contribution in [0, 0.1) is 11.8 Å². The van der Waals surface area contributed by atoms with Gasteiger partial charge in [0, 0.05) is 18.4 Å². The molecule has 1 unspecified atom stereocenters. The molecule has 34 heavy (non-hydrogen) atoms. The molecule has 8 heteroatoms. The van der Waals surface area contributed by atoms with Crippen LogP contribution in [0.4, 0.5) is 4.79 Å². The number of fused-ring (bicyclic) bond motifs is 3. The summed E-state index contributed by atoms with van der Waals surface area (Å²) >= 11 is 0. The third kappa shape index (κ3) is 4.92. The molecule has 0 aliphatic heterocycles. The summed E-state index contributed by atoms with van der Waals surface area (Å²) in [6.07, 6.45) is 1.74. The number of aliphatic hydroxyl groups is 1. The maximum absolute atomic E-state index is 12.5. The summed E-state index contributed by atoms with van der Waals surface area (Å²) < 4.78 is 5.56. The molecule has 0 saturated heterocycles. The maximum Gasteiger partial charge on any atom is 0.407 e. The van der Waals surface area contributed by atoms with Crippen molar-refractivity contribution >= 4 is 18.0 Å². The lowest BCUT2D eigenvalue weighted by molar-refractivity contribution is -0.156. The van der Waals surface area contributed by atoms with Gasteiger partial charge in [-0.05, 0) is 47.9 Å². The van der Waals surface area contributed by atoms with Gasteiger partial charge >= 0.3 is 12.1 Å². The molecule has 180 valence electrons. The van der Waals surface area contributed by atoms with Crippen molar-refractivity contribution in [2.75, 3.05) is 19.7 Å². The predicted octanol–water partition coefficient (Wildman–Crippen LogP) is 2.89. The summed E-state index contributed by atoms with van der Waals surface area (Å²) in [6, 6.07) is 16.3. The van der Waals surface area contributed by atoms with Gasteiger partial charge in [0.25, 0.3) is 0 Å². The summed E-state index contributed by atoms with van der Waals surface area (Å²) in [7, 11) is 0. The molecule has 0 aromatic heterocycles. The lowest BCUT2D eigenvalue weighted by Crippen LogP contribution is -2.48. The first-order valence-corrected chi connectivity index (χ1v) is 11.6. The predicted molar refractivity (Wildman–Crippen MR) is 125 cm³/mol. The third-order valence-corrected chi connectivity index (χ3v) is 6.92. The van der Waals surface area contributed by atoms with Crippen LogP contribution in [-0.4, -0.2) is 53.5 Å². The quantitative estimate of drug-likeness (QED) is 0.474. The number of carboxylic acid groups (broad SMARTS) is 1. The summed E-state index contributed by atoms with van der Waals surface area (Å²) in [4.78, 5) is 36.0. The largest absolute Gasteiger partial charge is 0.479 e. The number of nitrogens with one attached hydrogen (secondary N) is 2. The van der Waals surface area contributed by atoms with Crippen LogP contribution in [0.2, 0.25) is 0 Å². The van der Waals surface area contributed by atoms with E-state index in [0.29, 0.717) is 13.0 Å². The molecule has 0 heterocycles. The fraction of sp³-hybridized carbons (Fsp3) is 0.423. The van der Waals surface area contributed by atoms with Crippen LogP contribution >= 0.6 is 0 Å². The fourth-order valence-corrected chi connectivity index (χ4v) is 4.96. The van der Waals surface area contributed by atoms with E-state index in [1.807, 2.05) is 24.3 Å². The number of amides is 2. The summed E-state index contributed by atoms with van der Waals surface area (Å²) in [5, 5.41) is 24.1. The molecule has 0 spiro atoms. The normalized spacial score (nSPS) is 20.6. The molecule has 8 nitrogen and oxygen atoms in total. The van der Waals surface area contributed by atoms with Gasteiger partial charge in [0.2, 0.25) is 5.91 Å². The highest BCUT2D eigenvalue weighted by atomic mass is 16.5. The Bertz CT molecular complexity index is 1040. The molecule has 1 fully saturated rings. The second kappa shape index (κ2) is 9.85. The minimum atomic E-state index is -2.02. The lowest BCUT2D eigenvalue weighted by atomic mass is 9.94. The van der Waals surface area contributed by atoms with Gasteiger partial charge in [-0.3, -0.25) is 4.79 Å². The average molecular weight is 467 g/mol. The summed E-state index contributed by atoms with van der Waals surface area (Å²) in [6.45, 7) is 1.29. The second-order valence-electron chi connectivity index (χ2n) is 9.30. The van der Waals surface area contributed by atoms with Gasteiger partial charge in [-0.25, -0.2) is 9.59 Å². The summed E-state index contributed by atoms with van der Waals surface area (Å²) in [5.41, 5.74) is 2.58. The standard InChI is InChI=1S/C26H30N2O6/c1-26(33,24(30)31)15-28-23(29)17-12-6-7-16(17)13-27-25(32)34-14-22-20-10-4-2-8-18(20)19-9-3-5-11-21(19)22/h2-5,8-11,16-17,22,33H,6-7,12-15H2,1H3,(H,27,32)(H,28,29)(H,30,31)/t16-,17-,26?/m0/s1. The Morgan fingerprint density at radius 3 is 2.24 bits per heavy atom. The molecule has 0 radical (unpaired) electrons. The van der Waals surface area contributed by atoms with Crippen LogP contribution < -0.4 is 10.6 Å². The zero-order valence-corrected chi connectivity index (χ0v) is 19.1. The highest BCUT2D eigenvalue weighted by Crippen LogP contribution is 2.44. The number of carbonyl (C=O) groups excluding carboxylic acids is 2. The van der Waals surface area contributed by atoms with E-state index in [4.69, 9.17) is 9.84 Å². The van der Waals surface area contributed by atoms with E-state index in [-0.39, 0.29) is 36.8 Å². The van der Waals surface area contributed by atoms with Gasteiger partial charge in [-0.1, -0.05) is 55.0 Å². The average Bonchev–Trinajstić information content (AvgIpc) is 3.42. The number of carbonyl (C=O) groups is 3. The van der Waals surface area contributed by atoms with Crippen LogP contribution in [0.5, 0.6) is 0 Å². The van der Waals surface area contributed by atoms with Crippen LogP contribution in [0.15, 0.2) is 48.5 Å². The molecule has 3 atom stereocenters. The smallest absolute Gasteiger partial charge is 0.407 e. The Labute approximate surface area is 198 Å². The Balaban J connectivity index is 1.29. The number of hydrogen-bond acceptors (Lipinski definition) is 5. The zero-order valence-electron chi connectivity index (χ0n) is 19.1. The summed E-state index contributed by atoms with van der Waals surface area (Å²) in [5.74, 6) is -2.15. The first kappa shape index (κ1) is 23.8. The number of benzene rings is 2. The molecule has 4 rings (SSSR count). The van der Waals surface area contributed by atoms with Gasteiger partial charge in [-0.2, -0.15) is 0 Å². The minimum Gasteiger partial charge on any atom is -0.479 e. The third-order valence-electron chi connectivity index (χ3n) is 6.92. The molecule has 0 bridgehead atoms. The van der Waals surface area contributed by atoms with Crippen molar-refractivity contribution in [2.24, 2.45) is 11.8 Å². The van der Waals surface area contributed by atoms with Gasteiger partial charge in [0.1, 0.15) is 6.61 Å². The maximum atomic E-state index is 12.5. The molecule has 2 amide bonds. The van der Waals surface area contributed by atoms with Crippen molar-refractivity contribution in [1.29, 1.82) is 0 Å². The second-order valence-corrected chi connectivity index (χ2v) is 9.30. The van der Waals surface area contributed by atoms with E-state index in [0.717, 1.165) is 42.0 Å². The Kier molecular flexibility index (Phi) is 6.88. The van der Waals surface area contributed by atoms with Crippen LogP contribution in [0.3, 0.4) is 0 Å². The first-order valence-electron chi connectivity index (χ1n) is 11.6. The van der Waals surface area contributed by atoms with E-state index in [2.05, 4.69) is 34.9 Å². The topological polar surface area (TPSA) is 125 Å². The van der Waals surface area contributed by atoms with E-state index >= 15 is 0 Å². The van der Waals surface area contributed by atoms with Gasteiger partial charge in [0.15, 0.2) is 5.60 Å². The first-order chi connectivity index (χ1) is 16.3. The van der Waals surface area contributed by atoms with Crippen molar-refractivity contribution in [1.82, 2.24) is 10.6 Å². The molecule has 2 aliphatic rings. The van der Waals surface area contributed by atoms with E-state index in [1.165, 1.54) is 0 Å². The van der Waals surface area contributed by atoms with E-state index in [1.54, 1.807) is 0 Å². The SMILES string of the molecule is CC(O)(CNC(=O)[C@H]1CCC[C@H]1CNC(=O)OCC1c2ccccc2-c2ccccc21)C(=O)O. The van der Waals surface area contributed by atoms with Crippen LogP contribution in [-0.2, 0) is 14.3 Å². The lowest BCUT2D eigenvalue weighted by Gasteiger charge is -2.23. The van der Waals surface area contributed by atoms with Gasteiger partial charge in [0.05, 0.1) is 6.54 Å². The number of alkyl carbamates (subject to hydrolysis) is 1. The van der Waals surface area contributed by atoms with Crippen LogP contribution in [0.25, 0.3) is 11.1 Å². The fourth-order valence-electron chi connectivity index (χ4n) is 4.96. The zero-order chi connectivity index (χ0) is 24.3. The van der Waals surface area contributed by atoms with E-state index in [9.17, 15) is 19.5 Å². The number of hydrogen-bond donors (Lipinski definition) is 4. The van der Waals surface area contributed by atoms with Crippen molar-refractivity contribution in [3.63, 3.8) is 0 Å². The minimum absolute atomic E-state index is 0.0230. The highest BCUT2D eigenvalue weighted by molar-refractivity contribution is 5.82. The molecular formula is C26H30N2O6. The van der Waals surface area contributed by atoms with Crippen molar-refractivity contribution in [2.45, 2.75) is 37.7 Å². The number of carboxylic acids is 1. The monoisotopic (exact) mass is 466 g/mol. The van der Waals surface area contributed by atoms with Crippen molar-refractivity contribution in [3.8, 4) is 11.1 Å². The van der Waals surface area contributed by atoms with Gasteiger partial charge in [-0.15, -0.1) is 0 Å². The highest BCUT2D eigenvalue weighted by Gasteiger charge is 2.36. The Hall–Kier alpha value is -3.39. The number of aliphatic carboxylic acids is 1. The van der Waals surface area contributed by atoms with Gasteiger partial charge < -0.3 is 25.6 Å². The number of rotatable bonds is 8. The van der Waals surface area contributed by atoms with Crippen LogP contribution in [0.1, 0.15) is 43.2 Å². The molecule has 1 saturated carbocycles. The number of ether oxygens (including phenoxy) is 1.